The number of hydrogen-bond donors (Lipinski definition) is 1. The van der Waals surface area contributed by atoms with Gasteiger partial charge in [0.15, 0.2) is 0 Å². The van der Waals surface area contributed by atoms with E-state index in [1.54, 1.807) is 4.90 Å². The Morgan fingerprint density at radius 2 is 1.75 bits per heavy atom. The highest BCUT2D eigenvalue weighted by atomic mass is 35.5. The van der Waals surface area contributed by atoms with Crippen LogP contribution in [-0.4, -0.2) is 41.1 Å². The summed E-state index contributed by atoms with van der Waals surface area (Å²) in [7, 11) is 0. The van der Waals surface area contributed by atoms with Crippen molar-refractivity contribution in [3.05, 3.63) is 65.2 Å². The summed E-state index contributed by atoms with van der Waals surface area (Å²) >= 11 is 7.45. The Hall–Kier alpha value is -1.98. The van der Waals surface area contributed by atoms with Crippen molar-refractivity contribution < 1.29 is 9.59 Å². The minimum atomic E-state index is -0.445. The Labute approximate surface area is 201 Å². The molecule has 1 aliphatic rings. The number of carbonyl (C=O) groups is 2. The van der Waals surface area contributed by atoms with Crippen LogP contribution in [0.5, 0.6) is 0 Å². The van der Waals surface area contributed by atoms with Gasteiger partial charge >= 0.3 is 0 Å². The van der Waals surface area contributed by atoms with E-state index in [0.29, 0.717) is 23.7 Å². The van der Waals surface area contributed by atoms with Crippen molar-refractivity contribution in [3.8, 4) is 0 Å². The Balaban J connectivity index is 1.68. The maximum Gasteiger partial charge on any atom is 0.243 e. The van der Waals surface area contributed by atoms with Crippen molar-refractivity contribution in [3.63, 3.8) is 0 Å². The molecule has 2 aromatic carbocycles. The molecule has 0 saturated heterocycles. The highest BCUT2D eigenvalue weighted by Gasteiger charge is 2.29. The molecular formula is C26H33ClN2O2S. The van der Waals surface area contributed by atoms with Crippen LogP contribution in [0.3, 0.4) is 0 Å². The van der Waals surface area contributed by atoms with E-state index < -0.39 is 6.04 Å². The summed E-state index contributed by atoms with van der Waals surface area (Å²) in [5, 5.41) is 3.91. The zero-order valence-corrected chi connectivity index (χ0v) is 20.3. The van der Waals surface area contributed by atoms with Crippen LogP contribution < -0.4 is 5.32 Å². The highest BCUT2D eigenvalue weighted by Crippen LogP contribution is 2.22. The van der Waals surface area contributed by atoms with E-state index in [1.165, 1.54) is 18.2 Å². The standard InChI is InChI=1S/C26H33ClN2O2S/c1-2-24(26(31)28-22-11-7-4-8-12-22)29(18-17-20-9-5-3-6-10-20)25(30)19-32-23-15-13-21(27)14-16-23/h3,5-6,9-10,13-16,22,24H,2,4,7-8,11-12,17-19H2,1H3,(H,28,31). The summed E-state index contributed by atoms with van der Waals surface area (Å²) in [4.78, 5) is 29.3. The monoisotopic (exact) mass is 472 g/mol. The van der Waals surface area contributed by atoms with Gasteiger partial charge in [0.25, 0.3) is 0 Å². The third-order valence-electron chi connectivity index (χ3n) is 6.00. The van der Waals surface area contributed by atoms with Gasteiger partial charge in [-0.05, 0) is 55.5 Å². The first-order valence-corrected chi connectivity index (χ1v) is 12.9. The molecule has 0 radical (unpaired) electrons. The summed E-state index contributed by atoms with van der Waals surface area (Å²) in [5.41, 5.74) is 1.16. The van der Waals surface area contributed by atoms with E-state index in [1.807, 2.05) is 49.4 Å². The maximum atomic E-state index is 13.3. The second-order valence-corrected chi connectivity index (χ2v) is 9.82. The third-order valence-corrected chi connectivity index (χ3v) is 7.25. The van der Waals surface area contributed by atoms with Gasteiger partial charge in [0.1, 0.15) is 6.04 Å². The van der Waals surface area contributed by atoms with E-state index in [9.17, 15) is 9.59 Å². The lowest BCUT2D eigenvalue weighted by molar-refractivity contribution is -0.139. The van der Waals surface area contributed by atoms with Crippen molar-refractivity contribution in [2.24, 2.45) is 0 Å². The fourth-order valence-electron chi connectivity index (χ4n) is 4.20. The van der Waals surface area contributed by atoms with Crippen molar-refractivity contribution in [1.82, 2.24) is 10.2 Å². The fourth-order valence-corrected chi connectivity index (χ4v) is 5.11. The van der Waals surface area contributed by atoms with E-state index in [2.05, 4.69) is 17.4 Å². The largest absolute Gasteiger partial charge is 0.352 e. The minimum absolute atomic E-state index is 0.00785. The molecule has 0 heterocycles. The van der Waals surface area contributed by atoms with Crippen LogP contribution in [0.1, 0.15) is 51.0 Å². The van der Waals surface area contributed by atoms with Crippen molar-refractivity contribution in [1.29, 1.82) is 0 Å². The van der Waals surface area contributed by atoms with Gasteiger partial charge in [0.2, 0.25) is 11.8 Å². The van der Waals surface area contributed by atoms with Crippen molar-refractivity contribution in [2.45, 2.75) is 68.8 Å². The molecule has 172 valence electrons. The second kappa shape index (κ2) is 12.9. The summed E-state index contributed by atoms with van der Waals surface area (Å²) in [5.74, 6) is 0.271. The molecule has 1 saturated carbocycles. The number of carbonyl (C=O) groups excluding carboxylic acids is 2. The Morgan fingerprint density at radius 1 is 1.06 bits per heavy atom. The molecule has 1 N–H and O–H groups in total. The molecule has 32 heavy (non-hydrogen) atoms. The van der Waals surface area contributed by atoms with Crippen LogP contribution in [0.15, 0.2) is 59.5 Å². The maximum absolute atomic E-state index is 13.3. The molecule has 2 aromatic rings. The fraction of sp³-hybridized carbons (Fsp3) is 0.462. The molecule has 0 aliphatic heterocycles. The highest BCUT2D eigenvalue weighted by molar-refractivity contribution is 8.00. The number of hydrogen-bond acceptors (Lipinski definition) is 3. The molecular weight excluding hydrogens is 440 g/mol. The number of benzene rings is 2. The summed E-state index contributed by atoms with van der Waals surface area (Å²) in [6.07, 6.45) is 6.97. The zero-order chi connectivity index (χ0) is 22.8. The Kier molecular flexibility index (Phi) is 9.94. The van der Waals surface area contributed by atoms with Crippen LogP contribution in [0, 0.1) is 0 Å². The van der Waals surface area contributed by atoms with Gasteiger partial charge in [-0.25, -0.2) is 0 Å². The molecule has 1 atom stereocenters. The molecule has 1 aliphatic carbocycles. The van der Waals surface area contributed by atoms with Gasteiger partial charge < -0.3 is 10.2 Å². The first-order valence-electron chi connectivity index (χ1n) is 11.6. The summed E-state index contributed by atoms with van der Waals surface area (Å²) < 4.78 is 0. The average molecular weight is 473 g/mol. The van der Waals surface area contributed by atoms with Gasteiger partial charge in [-0.2, -0.15) is 0 Å². The predicted octanol–water partition coefficient (Wildman–Crippen LogP) is 5.73. The Morgan fingerprint density at radius 3 is 2.41 bits per heavy atom. The summed E-state index contributed by atoms with van der Waals surface area (Å²) in [6, 6.07) is 17.4. The van der Waals surface area contributed by atoms with Gasteiger partial charge in [0, 0.05) is 22.5 Å². The SMILES string of the molecule is CCC(C(=O)NC1CCCCC1)N(CCc1ccccc1)C(=O)CSc1ccc(Cl)cc1. The predicted molar refractivity (Wildman–Crippen MR) is 133 cm³/mol. The summed E-state index contributed by atoms with van der Waals surface area (Å²) in [6.45, 7) is 2.51. The normalized spacial score (nSPS) is 15.2. The molecule has 1 fully saturated rings. The lowest BCUT2D eigenvalue weighted by atomic mass is 9.95. The molecule has 1 unspecified atom stereocenters. The van der Waals surface area contributed by atoms with Crippen LogP contribution in [0.4, 0.5) is 0 Å². The topological polar surface area (TPSA) is 49.4 Å². The van der Waals surface area contributed by atoms with Crippen LogP contribution in [-0.2, 0) is 16.0 Å². The molecule has 0 spiro atoms. The quantitative estimate of drug-likeness (QED) is 0.449. The second-order valence-electron chi connectivity index (χ2n) is 8.33. The van der Waals surface area contributed by atoms with Crippen LogP contribution in [0.25, 0.3) is 0 Å². The Bertz CT molecular complexity index is 854. The number of rotatable bonds is 10. The number of amides is 2. The van der Waals surface area contributed by atoms with Gasteiger partial charge in [-0.1, -0.05) is 68.1 Å². The zero-order valence-electron chi connectivity index (χ0n) is 18.8. The van der Waals surface area contributed by atoms with Crippen molar-refractivity contribution in [2.75, 3.05) is 12.3 Å². The van der Waals surface area contributed by atoms with Gasteiger partial charge in [-0.15, -0.1) is 11.8 Å². The minimum Gasteiger partial charge on any atom is -0.352 e. The lowest BCUT2D eigenvalue weighted by Crippen LogP contribution is -2.52. The number of thioether (sulfide) groups is 1. The van der Waals surface area contributed by atoms with E-state index in [0.717, 1.165) is 42.6 Å². The molecule has 0 aromatic heterocycles. The first-order chi connectivity index (χ1) is 15.6. The number of nitrogens with zero attached hydrogens (tertiary/aromatic N) is 1. The average Bonchev–Trinajstić information content (AvgIpc) is 2.82. The van der Waals surface area contributed by atoms with E-state index >= 15 is 0 Å². The molecule has 2 amide bonds. The van der Waals surface area contributed by atoms with Gasteiger partial charge in [-0.3, -0.25) is 9.59 Å². The smallest absolute Gasteiger partial charge is 0.243 e. The van der Waals surface area contributed by atoms with E-state index in [-0.39, 0.29) is 17.9 Å². The van der Waals surface area contributed by atoms with Crippen LogP contribution >= 0.6 is 23.4 Å². The number of halogens is 1. The van der Waals surface area contributed by atoms with E-state index in [4.69, 9.17) is 11.6 Å². The van der Waals surface area contributed by atoms with Crippen LogP contribution in [0.2, 0.25) is 5.02 Å². The molecule has 3 rings (SSSR count). The van der Waals surface area contributed by atoms with Gasteiger partial charge in [0.05, 0.1) is 5.75 Å². The molecule has 0 bridgehead atoms. The first kappa shape index (κ1) is 24.7. The number of nitrogens with one attached hydrogen (secondary N) is 1. The molecule has 4 nitrogen and oxygen atoms in total. The third kappa shape index (κ3) is 7.56. The lowest BCUT2D eigenvalue weighted by Gasteiger charge is -2.32. The molecule has 6 heteroatoms. The van der Waals surface area contributed by atoms with Crippen molar-refractivity contribution >= 4 is 35.2 Å².